The van der Waals surface area contributed by atoms with Crippen molar-refractivity contribution in [2.24, 2.45) is 0 Å². The van der Waals surface area contributed by atoms with E-state index < -0.39 is 0 Å². The normalized spacial score (nSPS) is 12.3. The molecule has 1 amide bonds. The molecule has 0 N–H and O–H groups in total. The lowest BCUT2D eigenvalue weighted by atomic mass is 9.95. The third-order valence-electron chi connectivity index (χ3n) is 4.54. The summed E-state index contributed by atoms with van der Waals surface area (Å²) >= 11 is 0. The molecule has 0 bridgehead atoms. The maximum Gasteiger partial charge on any atom is 0.226 e. The molecule has 0 saturated heterocycles. The van der Waals surface area contributed by atoms with E-state index in [0.717, 1.165) is 25.1 Å². The zero-order valence-corrected chi connectivity index (χ0v) is 13.9. The third kappa shape index (κ3) is 3.21. The van der Waals surface area contributed by atoms with E-state index in [1.54, 1.807) is 0 Å². The molecule has 0 unspecified atom stereocenters. The van der Waals surface area contributed by atoms with Crippen LogP contribution in [0.4, 0.5) is 0 Å². The van der Waals surface area contributed by atoms with Gasteiger partial charge >= 0.3 is 0 Å². The lowest BCUT2D eigenvalue weighted by molar-refractivity contribution is -0.130. The summed E-state index contributed by atoms with van der Waals surface area (Å²) in [5.74, 6) is 0.201. The number of likely N-dealkylation sites (N-methyl/N-ethyl adjacent to an activating group) is 1. The quantitative estimate of drug-likeness (QED) is 0.805. The van der Waals surface area contributed by atoms with Gasteiger partial charge in [0, 0.05) is 13.1 Å². The van der Waals surface area contributed by atoms with E-state index in [1.165, 1.54) is 22.3 Å². The smallest absolute Gasteiger partial charge is 0.226 e. The summed E-state index contributed by atoms with van der Waals surface area (Å²) in [6.45, 7) is 5.59. The first-order valence-corrected chi connectivity index (χ1v) is 8.38. The highest BCUT2D eigenvalue weighted by Crippen LogP contribution is 2.31. The first-order valence-electron chi connectivity index (χ1n) is 8.38. The maximum atomic E-state index is 12.3. The number of fused-ring (bicyclic) bond motifs is 1. The summed E-state index contributed by atoms with van der Waals surface area (Å²) in [5.41, 5.74) is 6.27. The van der Waals surface area contributed by atoms with E-state index in [9.17, 15) is 4.79 Å². The molecule has 0 aliphatic heterocycles. The Balaban J connectivity index is 1.87. The van der Waals surface area contributed by atoms with Gasteiger partial charge in [0.2, 0.25) is 5.91 Å². The molecule has 0 atom stereocenters. The van der Waals surface area contributed by atoms with E-state index in [2.05, 4.69) is 48.6 Å². The zero-order valence-electron chi connectivity index (χ0n) is 13.9. The van der Waals surface area contributed by atoms with Crippen molar-refractivity contribution >= 4 is 12.0 Å². The Morgan fingerprint density at radius 1 is 1.09 bits per heavy atom. The monoisotopic (exact) mass is 305 g/mol. The minimum absolute atomic E-state index is 0.201. The fourth-order valence-corrected chi connectivity index (χ4v) is 3.27. The van der Waals surface area contributed by atoms with Crippen LogP contribution in [0, 0.1) is 0 Å². The number of benzene rings is 2. The number of rotatable bonds is 5. The minimum Gasteiger partial charge on any atom is -0.343 e. The van der Waals surface area contributed by atoms with Gasteiger partial charge < -0.3 is 4.90 Å². The van der Waals surface area contributed by atoms with Crippen LogP contribution in [-0.4, -0.2) is 23.9 Å². The topological polar surface area (TPSA) is 20.3 Å². The largest absolute Gasteiger partial charge is 0.343 e. The second-order valence-electron chi connectivity index (χ2n) is 5.92. The van der Waals surface area contributed by atoms with Crippen molar-refractivity contribution in [3.05, 3.63) is 65.2 Å². The Morgan fingerprint density at radius 3 is 2.65 bits per heavy atom. The number of nitrogens with zero attached hydrogens (tertiary/aromatic N) is 1. The van der Waals surface area contributed by atoms with Gasteiger partial charge in [0.15, 0.2) is 0 Å². The highest BCUT2D eigenvalue weighted by molar-refractivity contribution is 5.80. The van der Waals surface area contributed by atoms with Gasteiger partial charge in [-0.3, -0.25) is 4.79 Å². The number of hydrogen-bond donors (Lipinski definition) is 0. The van der Waals surface area contributed by atoms with Gasteiger partial charge in [-0.05, 0) is 48.1 Å². The van der Waals surface area contributed by atoms with E-state index in [4.69, 9.17) is 0 Å². The number of carbonyl (C=O) groups is 1. The van der Waals surface area contributed by atoms with E-state index in [-0.39, 0.29) is 5.91 Å². The first-order chi connectivity index (χ1) is 11.2. The fraction of sp³-hybridized carbons (Fsp3) is 0.286. The van der Waals surface area contributed by atoms with Crippen LogP contribution in [0.15, 0.2) is 48.5 Å². The third-order valence-corrected chi connectivity index (χ3v) is 4.54. The van der Waals surface area contributed by atoms with Gasteiger partial charge in [-0.1, -0.05) is 54.6 Å². The summed E-state index contributed by atoms with van der Waals surface area (Å²) < 4.78 is 0. The molecular weight excluding hydrogens is 282 g/mol. The van der Waals surface area contributed by atoms with Crippen LogP contribution in [0.25, 0.3) is 17.2 Å². The van der Waals surface area contributed by atoms with Gasteiger partial charge in [0.25, 0.3) is 0 Å². The second-order valence-corrected chi connectivity index (χ2v) is 5.92. The Bertz CT molecular complexity index is 741. The summed E-state index contributed by atoms with van der Waals surface area (Å²) in [4.78, 5) is 14.2. The second kappa shape index (κ2) is 6.82. The molecule has 0 fully saturated rings. The summed E-state index contributed by atoms with van der Waals surface area (Å²) in [7, 11) is 0. The van der Waals surface area contributed by atoms with Gasteiger partial charge in [-0.15, -0.1) is 0 Å². The molecular formula is C21H23NO. The SMILES string of the molecule is CCN(CC)C(=O)Cc1cccc(-c2cccc3c2CC=C3)c1. The van der Waals surface area contributed by atoms with E-state index >= 15 is 0 Å². The molecule has 0 spiro atoms. The van der Waals surface area contributed by atoms with Crippen molar-refractivity contribution in [3.63, 3.8) is 0 Å². The minimum atomic E-state index is 0.201. The molecule has 2 aromatic rings. The molecule has 0 heterocycles. The standard InChI is InChI=1S/C21H23NO/c1-3-22(4-2)21(23)15-16-8-5-11-18(14-16)20-13-7-10-17-9-6-12-19(17)20/h5-11,13-14H,3-4,12,15H2,1-2H3. The Labute approximate surface area is 138 Å². The molecule has 0 saturated carbocycles. The van der Waals surface area contributed by atoms with Crippen molar-refractivity contribution < 1.29 is 4.79 Å². The molecule has 2 heteroatoms. The predicted molar refractivity (Wildman–Crippen MR) is 96.2 cm³/mol. The highest BCUT2D eigenvalue weighted by Gasteiger charge is 2.13. The molecule has 23 heavy (non-hydrogen) atoms. The van der Waals surface area contributed by atoms with Crippen molar-refractivity contribution in [1.29, 1.82) is 0 Å². The molecule has 3 rings (SSSR count). The van der Waals surface area contributed by atoms with Crippen molar-refractivity contribution in [3.8, 4) is 11.1 Å². The number of hydrogen-bond acceptors (Lipinski definition) is 1. The lowest BCUT2D eigenvalue weighted by Gasteiger charge is -2.18. The molecule has 1 aliphatic carbocycles. The van der Waals surface area contributed by atoms with Crippen molar-refractivity contribution in [2.45, 2.75) is 26.7 Å². The summed E-state index contributed by atoms with van der Waals surface area (Å²) in [6, 6.07) is 14.9. The van der Waals surface area contributed by atoms with Crippen LogP contribution in [0.2, 0.25) is 0 Å². The van der Waals surface area contributed by atoms with Crippen LogP contribution in [0.5, 0.6) is 0 Å². The average Bonchev–Trinajstić information content (AvgIpc) is 3.04. The van der Waals surface area contributed by atoms with Crippen LogP contribution in [-0.2, 0) is 17.6 Å². The van der Waals surface area contributed by atoms with Crippen LogP contribution < -0.4 is 0 Å². The van der Waals surface area contributed by atoms with Crippen LogP contribution >= 0.6 is 0 Å². The molecule has 0 aromatic heterocycles. The van der Waals surface area contributed by atoms with Gasteiger partial charge in [-0.2, -0.15) is 0 Å². The van der Waals surface area contributed by atoms with E-state index in [0.29, 0.717) is 6.42 Å². The summed E-state index contributed by atoms with van der Waals surface area (Å²) in [5, 5.41) is 0. The van der Waals surface area contributed by atoms with Gasteiger partial charge in [0.1, 0.15) is 0 Å². The number of allylic oxidation sites excluding steroid dienone is 1. The Kier molecular flexibility index (Phi) is 4.61. The van der Waals surface area contributed by atoms with Gasteiger partial charge in [0.05, 0.1) is 6.42 Å². The number of amides is 1. The Morgan fingerprint density at radius 2 is 1.87 bits per heavy atom. The zero-order chi connectivity index (χ0) is 16.2. The van der Waals surface area contributed by atoms with Crippen molar-refractivity contribution in [2.75, 3.05) is 13.1 Å². The first kappa shape index (κ1) is 15.5. The van der Waals surface area contributed by atoms with Crippen molar-refractivity contribution in [1.82, 2.24) is 4.90 Å². The highest BCUT2D eigenvalue weighted by atomic mass is 16.2. The van der Waals surface area contributed by atoms with Crippen LogP contribution in [0.1, 0.15) is 30.5 Å². The fourth-order valence-electron chi connectivity index (χ4n) is 3.27. The average molecular weight is 305 g/mol. The predicted octanol–water partition coefficient (Wildman–Crippen LogP) is 4.33. The molecule has 118 valence electrons. The molecule has 0 radical (unpaired) electrons. The van der Waals surface area contributed by atoms with E-state index in [1.807, 2.05) is 24.8 Å². The Hall–Kier alpha value is -2.35. The molecule has 1 aliphatic rings. The lowest BCUT2D eigenvalue weighted by Crippen LogP contribution is -2.31. The molecule has 2 nitrogen and oxygen atoms in total. The number of carbonyl (C=O) groups excluding carboxylic acids is 1. The maximum absolute atomic E-state index is 12.3. The van der Waals surface area contributed by atoms with Gasteiger partial charge in [-0.25, -0.2) is 0 Å². The summed E-state index contributed by atoms with van der Waals surface area (Å²) in [6.07, 6.45) is 5.87. The van der Waals surface area contributed by atoms with Crippen LogP contribution in [0.3, 0.4) is 0 Å². The molecule has 2 aromatic carbocycles.